The zero-order valence-electron chi connectivity index (χ0n) is 15.7. The molecule has 2 N–H and O–H groups in total. The number of anilines is 1. The fourth-order valence-corrected chi connectivity index (χ4v) is 3.40. The Balaban J connectivity index is 1.54. The number of aryl methyl sites for hydroxylation is 1. The quantitative estimate of drug-likeness (QED) is 0.660. The monoisotopic (exact) mass is 374 g/mol. The van der Waals surface area contributed by atoms with Gasteiger partial charge < -0.3 is 9.73 Å². The first-order valence-corrected chi connectivity index (χ1v) is 9.40. The fourth-order valence-electron chi connectivity index (χ4n) is 3.40. The zero-order valence-corrected chi connectivity index (χ0v) is 15.7. The molecule has 2 heterocycles. The average Bonchev–Trinajstić information content (AvgIpc) is 3.09. The summed E-state index contributed by atoms with van der Waals surface area (Å²) in [7, 11) is 0. The number of fused-ring (bicyclic) bond motifs is 1. The summed E-state index contributed by atoms with van der Waals surface area (Å²) in [5, 5.41) is 7.47. The van der Waals surface area contributed by atoms with Gasteiger partial charge in [0.15, 0.2) is 5.76 Å². The van der Waals surface area contributed by atoms with Gasteiger partial charge in [-0.25, -0.2) is 0 Å². The van der Waals surface area contributed by atoms with E-state index in [0.29, 0.717) is 12.3 Å². The molecule has 0 atom stereocenters. The maximum atomic E-state index is 12.7. The van der Waals surface area contributed by atoms with Gasteiger partial charge in [-0.2, -0.15) is 5.10 Å². The predicted molar refractivity (Wildman–Crippen MR) is 108 cm³/mol. The Kier molecular flexibility index (Phi) is 5.19. The summed E-state index contributed by atoms with van der Waals surface area (Å²) in [4.78, 5) is 16.9. The second-order valence-corrected chi connectivity index (χ2v) is 6.75. The highest BCUT2D eigenvalue weighted by Gasteiger charge is 2.27. The molecule has 3 aromatic rings. The number of furan rings is 1. The number of hydrogen-bond acceptors (Lipinski definition) is 5. The van der Waals surface area contributed by atoms with E-state index in [9.17, 15) is 4.79 Å². The predicted octanol–water partition coefficient (Wildman–Crippen LogP) is 4.07. The normalized spacial score (nSPS) is 14.5. The van der Waals surface area contributed by atoms with Crippen LogP contribution in [0.1, 0.15) is 46.0 Å². The van der Waals surface area contributed by atoms with Crippen LogP contribution in [0.3, 0.4) is 0 Å². The number of pyridine rings is 1. The highest BCUT2D eigenvalue weighted by atomic mass is 16.4. The van der Waals surface area contributed by atoms with E-state index < -0.39 is 0 Å². The minimum Gasteiger partial charge on any atom is -0.455 e. The van der Waals surface area contributed by atoms with Crippen molar-refractivity contribution in [3.63, 3.8) is 0 Å². The Morgan fingerprint density at radius 3 is 2.75 bits per heavy atom. The van der Waals surface area contributed by atoms with Crippen molar-refractivity contribution in [2.45, 2.75) is 32.7 Å². The molecule has 1 amide bonds. The molecule has 0 unspecified atom stereocenters. The molecule has 1 aliphatic carbocycles. The van der Waals surface area contributed by atoms with E-state index in [-0.39, 0.29) is 5.91 Å². The van der Waals surface area contributed by atoms with E-state index in [4.69, 9.17) is 4.42 Å². The molecule has 6 heteroatoms. The van der Waals surface area contributed by atoms with Gasteiger partial charge in [-0.05, 0) is 44.0 Å². The zero-order chi connectivity index (χ0) is 19.3. The Morgan fingerprint density at radius 1 is 1.14 bits per heavy atom. The average molecular weight is 374 g/mol. The van der Waals surface area contributed by atoms with Crippen LogP contribution in [0.15, 0.2) is 64.2 Å². The van der Waals surface area contributed by atoms with Crippen LogP contribution < -0.4 is 10.7 Å². The van der Waals surface area contributed by atoms with E-state index in [2.05, 4.69) is 20.8 Å². The fraction of sp³-hybridized carbons (Fsp3) is 0.227. The van der Waals surface area contributed by atoms with Gasteiger partial charge in [0.1, 0.15) is 5.76 Å². The van der Waals surface area contributed by atoms with Crippen molar-refractivity contribution in [2.75, 3.05) is 5.43 Å². The summed E-state index contributed by atoms with van der Waals surface area (Å²) in [6.07, 6.45) is 4.32. The van der Waals surface area contributed by atoms with Crippen molar-refractivity contribution in [1.29, 1.82) is 0 Å². The lowest BCUT2D eigenvalue weighted by atomic mass is 9.93. The molecule has 2 aromatic heterocycles. The van der Waals surface area contributed by atoms with Crippen LogP contribution in [0.4, 0.5) is 5.69 Å². The van der Waals surface area contributed by atoms with E-state index in [1.807, 2.05) is 55.5 Å². The number of hydrogen-bond donors (Lipinski definition) is 2. The number of carbonyl (C=O) groups is 1. The third-order valence-electron chi connectivity index (χ3n) is 4.78. The molecule has 28 heavy (non-hydrogen) atoms. The molecule has 6 nitrogen and oxygen atoms in total. The van der Waals surface area contributed by atoms with E-state index in [1.54, 1.807) is 6.20 Å². The second kappa shape index (κ2) is 8.08. The molecule has 1 aromatic carbocycles. The molecule has 142 valence electrons. The van der Waals surface area contributed by atoms with Crippen molar-refractivity contribution in [2.24, 2.45) is 5.10 Å². The van der Waals surface area contributed by atoms with Crippen LogP contribution in [0.5, 0.6) is 0 Å². The van der Waals surface area contributed by atoms with Crippen LogP contribution in [0.2, 0.25) is 0 Å². The minimum atomic E-state index is -0.229. The van der Waals surface area contributed by atoms with Gasteiger partial charge in [0.25, 0.3) is 5.91 Å². The third kappa shape index (κ3) is 3.81. The number of carbonyl (C=O) groups excluding carboxylic acids is 1. The Hall–Kier alpha value is -3.41. The van der Waals surface area contributed by atoms with Crippen LogP contribution >= 0.6 is 0 Å². The molecule has 0 bridgehead atoms. The number of nitrogens with zero attached hydrogens (tertiary/aromatic N) is 2. The maximum Gasteiger partial charge on any atom is 0.287 e. The molecule has 0 aliphatic heterocycles. The summed E-state index contributed by atoms with van der Waals surface area (Å²) in [6, 6.07) is 15.4. The smallest absolute Gasteiger partial charge is 0.287 e. The Labute approximate surface area is 163 Å². The first-order chi connectivity index (χ1) is 13.7. The number of hydrazone groups is 1. The van der Waals surface area contributed by atoms with Gasteiger partial charge >= 0.3 is 0 Å². The van der Waals surface area contributed by atoms with Gasteiger partial charge in [-0.15, -0.1) is 0 Å². The standard InChI is InChI=1S/C22H22N4O2/c1-15-20-18(26-25-16-8-3-2-4-9-16)11-7-12-19(20)28-21(15)22(27)24-14-17-10-5-6-13-23-17/h2-6,8-10,13,25H,7,11-12,14H2,1H3,(H,24,27)/b26-18+. The summed E-state index contributed by atoms with van der Waals surface area (Å²) >= 11 is 0. The second-order valence-electron chi connectivity index (χ2n) is 6.75. The Morgan fingerprint density at radius 2 is 1.96 bits per heavy atom. The lowest BCUT2D eigenvalue weighted by Crippen LogP contribution is -2.23. The number of nitrogens with one attached hydrogen (secondary N) is 2. The largest absolute Gasteiger partial charge is 0.455 e. The highest BCUT2D eigenvalue weighted by molar-refractivity contribution is 6.06. The van der Waals surface area contributed by atoms with Gasteiger partial charge in [-0.3, -0.25) is 15.2 Å². The number of para-hydroxylation sites is 1. The maximum absolute atomic E-state index is 12.7. The van der Waals surface area contributed by atoms with Crippen LogP contribution in [0.25, 0.3) is 0 Å². The van der Waals surface area contributed by atoms with Gasteiger partial charge in [0.2, 0.25) is 0 Å². The molecule has 0 saturated heterocycles. The molecule has 0 spiro atoms. The van der Waals surface area contributed by atoms with Crippen LogP contribution in [0, 0.1) is 6.92 Å². The molecule has 4 rings (SSSR count). The number of aromatic nitrogens is 1. The molecule has 1 aliphatic rings. The first-order valence-electron chi connectivity index (χ1n) is 9.40. The SMILES string of the molecule is Cc1c(C(=O)NCc2ccccn2)oc2c1/C(=N/Nc1ccccc1)CCC2. The van der Waals surface area contributed by atoms with Gasteiger partial charge in [-0.1, -0.05) is 24.3 Å². The summed E-state index contributed by atoms with van der Waals surface area (Å²) in [5.41, 5.74) is 7.55. The summed E-state index contributed by atoms with van der Waals surface area (Å²) < 4.78 is 5.93. The third-order valence-corrected chi connectivity index (χ3v) is 4.78. The Bertz CT molecular complexity index is 994. The van der Waals surface area contributed by atoms with Gasteiger partial charge in [0.05, 0.1) is 23.6 Å². The van der Waals surface area contributed by atoms with Crippen molar-refractivity contribution in [1.82, 2.24) is 10.3 Å². The number of amides is 1. The van der Waals surface area contributed by atoms with Crippen LogP contribution in [-0.4, -0.2) is 16.6 Å². The van der Waals surface area contributed by atoms with Crippen LogP contribution in [-0.2, 0) is 13.0 Å². The highest BCUT2D eigenvalue weighted by Crippen LogP contribution is 2.30. The van der Waals surface area contributed by atoms with Gasteiger partial charge in [0, 0.05) is 23.7 Å². The molecule has 0 radical (unpaired) electrons. The lowest BCUT2D eigenvalue weighted by molar-refractivity contribution is 0.0920. The minimum absolute atomic E-state index is 0.229. The van der Waals surface area contributed by atoms with Crippen molar-refractivity contribution < 1.29 is 9.21 Å². The lowest BCUT2D eigenvalue weighted by Gasteiger charge is -2.13. The summed E-state index contributed by atoms with van der Waals surface area (Å²) in [6.45, 7) is 2.28. The number of benzene rings is 1. The van der Waals surface area contributed by atoms with Crippen molar-refractivity contribution >= 4 is 17.3 Å². The molecular formula is C22H22N4O2. The topological polar surface area (TPSA) is 79.5 Å². The van der Waals surface area contributed by atoms with E-state index in [1.165, 1.54) is 0 Å². The first kappa shape index (κ1) is 18.0. The molecule has 0 saturated carbocycles. The summed E-state index contributed by atoms with van der Waals surface area (Å²) in [5.74, 6) is 0.962. The molecular weight excluding hydrogens is 352 g/mol. The van der Waals surface area contributed by atoms with Crippen molar-refractivity contribution in [3.05, 3.63) is 83.1 Å². The van der Waals surface area contributed by atoms with E-state index in [0.717, 1.165) is 53.2 Å². The van der Waals surface area contributed by atoms with E-state index >= 15 is 0 Å². The van der Waals surface area contributed by atoms with Crippen molar-refractivity contribution in [3.8, 4) is 0 Å². The number of rotatable bonds is 5. The molecule has 0 fully saturated rings.